The minimum absolute atomic E-state index is 0.0269. The van der Waals surface area contributed by atoms with Crippen LogP contribution in [0.1, 0.15) is 36.0 Å². The monoisotopic (exact) mass is 502 g/mol. The lowest BCUT2D eigenvalue weighted by Crippen LogP contribution is -2.37. The molecule has 1 saturated heterocycles. The van der Waals surface area contributed by atoms with Gasteiger partial charge in [0.2, 0.25) is 17.6 Å². The van der Waals surface area contributed by atoms with Gasteiger partial charge in [-0.2, -0.15) is 4.98 Å². The number of amides is 1. The van der Waals surface area contributed by atoms with Crippen molar-refractivity contribution in [3.05, 3.63) is 64.0 Å². The molecular weight excluding hydrogens is 479 g/mol. The maximum absolute atomic E-state index is 12.7. The molecule has 0 saturated carbocycles. The molecule has 1 aromatic heterocycles. The molecule has 1 aliphatic rings. The van der Waals surface area contributed by atoms with E-state index < -0.39 is 0 Å². The number of likely N-dealkylation sites (tertiary alicyclic amines) is 1. The van der Waals surface area contributed by atoms with Gasteiger partial charge in [0.1, 0.15) is 0 Å². The second kappa shape index (κ2) is 11.0. The van der Waals surface area contributed by atoms with Crippen molar-refractivity contribution in [2.24, 2.45) is 5.92 Å². The lowest BCUT2D eigenvalue weighted by Gasteiger charge is -2.30. The quantitative estimate of drug-likeness (QED) is 0.450. The number of hydrogen-bond acceptors (Lipinski definition) is 7. The van der Waals surface area contributed by atoms with E-state index in [0.29, 0.717) is 51.7 Å². The van der Waals surface area contributed by atoms with E-state index in [1.807, 2.05) is 0 Å². The van der Waals surface area contributed by atoms with Gasteiger partial charge in [0, 0.05) is 22.2 Å². The standard InChI is InChI=1S/C24H24Cl2N4O4/c1-2-33-24(32)16-3-6-18(7-4-16)27-23(31)15-9-11-30(12-10-15)14-21-28-22(29-34-21)19-8-5-17(25)13-20(19)26/h3-8,13,15H,2,9-12,14H2,1H3,(H,27,31). The number of ether oxygens (including phenoxy) is 1. The summed E-state index contributed by atoms with van der Waals surface area (Å²) in [7, 11) is 0. The predicted molar refractivity (Wildman–Crippen MR) is 129 cm³/mol. The van der Waals surface area contributed by atoms with Crippen LogP contribution in [0.15, 0.2) is 47.0 Å². The average Bonchev–Trinajstić information content (AvgIpc) is 3.28. The van der Waals surface area contributed by atoms with Gasteiger partial charge in [-0.3, -0.25) is 9.69 Å². The number of esters is 1. The molecular formula is C24H24Cl2N4O4. The van der Waals surface area contributed by atoms with Gasteiger partial charge in [0.15, 0.2) is 0 Å². The molecule has 34 heavy (non-hydrogen) atoms. The molecule has 0 atom stereocenters. The summed E-state index contributed by atoms with van der Waals surface area (Å²) in [5.41, 5.74) is 1.77. The average molecular weight is 503 g/mol. The Kier molecular flexibility index (Phi) is 7.82. The predicted octanol–water partition coefficient (Wildman–Crippen LogP) is 5.07. The summed E-state index contributed by atoms with van der Waals surface area (Å²) in [6, 6.07) is 11.8. The zero-order chi connectivity index (χ0) is 24.1. The minimum atomic E-state index is -0.377. The summed E-state index contributed by atoms with van der Waals surface area (Å²) in [5, 5.41) is 7.96. The Morgan fingerprint density at radius 3 is 2.56 bits per heavy atom. The van der Waals surface area contributed by atoms with Crippen LogP contribution in [0.4, 0.5) is 5.69 Å². The smallest absolute Gasteiger partial charge is 0.338 e. The third-order valence-electron chi connectivity index (χ3n) is 5.62. The zero-order valence-electron chi connectivity index (χ0n) is 18.6. The summed E-state index contributed by atoms with van der Waals surface area (Å²) in [4.78, 5) is 31.1. The molecule has 4 rings (SSSR count). The van der Waals surface area contributed by atoms with Crippen molar-refractivity contribution in [1.29, 1.82) is 0 Å². The molecule has 3 aromatic rings. The van der Waals surface area contributed by atoms with Crippen LogP contribution in [-0.4, -0.2) is 46.6 Å². The Morgan fingerprint density at radius 2 is 1.88 bits per heavy atom. The van der Waals surface area contributed by atoms with Crippen LogP contribution in [0.5, 0.6) is 0 Å². The minimum Gasteiger partial charge on any atom is -0.462 e. The van der Waals surface area contributed by atoms with Crippen molar-refractivity contribution in [2.45, 2.75) is 26.3 Å². The topological polar surface area (TPSA) is 97.6 Å². The lowest BCUT2D eigenvalue weighted by molar-refractivity contribution is -0.121. The summed E-state index contributed by atoms with van der Waals surface area (Å²) < 4.78 is 10.4. The molecule has 0 aliphatic carbocycles. The van der Waals surface area contributed by atoms with Gasteiger partial charge in [-0.05, 0) is 75.3 Å². The van der Waals surface area contributed by atoms with E-state index in [1.165, 1.54) is 0 Å². The molecule has 178 valence electrons. The van der Waals surface area contributed by atoms with Crippen molar-refractivity contribution in [3.63, 3.8) is 0 Å². The molecule has 0 spiro atoms. The fraction of sp³-hybridized carbons (Fsp3) is 0.333. The van der Waals surface area contributed by atoms with Gasteiger partial charge in [0.25, 0.3) is 0 Å². The van der Waals surface area contributed by atoms with Crippen molar-refractivity contribution in [2.75, 3.05) is 25.0 Å². The maximum atomic E-state index is 12.7. The van der Waals surface area contributed by atoms with Gasteiger partial charge < -0.3 is 14.6 Å². The molecule has 0 bridgehead atoms. The molecule has 1 amide bonds. The van der Waals surface area contributed by atoms with Gasteiger partial charge in [0.05, 0.1) is 23.7 Å². The van der Waals surface area contributed by atoms with Crippen LogP contribution >= 0.6 is 23.2 Å². The third-order valence-corrected chi connectivity index (χ3v) is 6.17. The Morgan fingerprint density at radius 1 is 1.15 bits per heavy atom. The number of nitrogens with zero attached hydrogens (tertiary/aromatic N) is 3. The second-order valence-electron chi connectivity index (χ2n) is 7.97. The molecule has 1 aliphatic heterocycles. The van der Waals surface area contributed by atoms with Crippen LogP contribution < -0.4 is 5.32 Å². The first-order chi connectivity index (χ1) is 16.4. The van der Waals surface area contributed by atoms with E-state index in [-0.39, 0.29) is 17.8 Å². The molecule has 0 unspecified atom stereocenters. The zero-order valence-corrected chi connectivity index (χ0v) is 20.1. The first kappa shape index (κ1) is 24.2. The van der Waals surface area contributed by atoms with Gasteiger partial charge >= 0.3 is 5.97 Å². The highest BCUT2D eigenvalue weighted by molar-refractivity contribution is 6.36. The fourth-order valence-electron chi connectivity index (χ4n) is 3.79. The molecule has 1 fully saturated rings. The van der Waals surface area contributed by atoms with Crippen LogP contribution in [0.3, 0.4) is 0 Å². The van der Waals surface area contributed by atoms with Gasteiger partial charge in [-0.15, -0.1) is 0 Å². The van der Waals surface area contributed by atoms with Crippen LogP contribution in [0.2, 0.25) is 10.0 Å². The number of carbonyl (C=O) groups is 2. The fourth-order valence-corrected chi connectivity index (χ4v) is 4.29. The Bertz CT molecular complexity index is 1160. The highest BCUT2D eigenvalue weighted by Crippen LogP contribution is 2.29. The number of aromatic nitrogens is 2. The molecule has 2 aromatic carbocycles. The maximum Gasteiger partial charge on any atom is 0.338 e. The lowest BCUT2D eigenvalue weighted by atomic mass is 9.96. The van der Waals surface area contributed by atoms with Gasteiger partial charge in [-0.25, -0.2) is 4.79 Å². The first-order valence-electron chi connectivity index (χ1n) is 11.0. The highest BCUT2D eigenvalue weighted by Gasteiger charge is 2.26. The van der Waals surface area contributed by atoms with E-state index in [9.17, 15) is 9.59 Å². The van der Waals surface area contributed by atoms with Gasteiger partial charge in [-0.1, -0.05) is 28.4 Å². The van der Waals surface area contributed by atoms with Crippen molar-refractivity contribution < 1.29 is 18.8 Å². The third kappa shape index (κ3) is 5.94. The van der Waals surface area contributed by atoms with Crippen molar-refractivity contribution in [3.8, 4) is 11.4 Å². The summed E-state index contributed by atoms with van der Waals surface area (Å²) >= 11 is 12.2. The molecule has 0 radical (unpaired) electrons. The largest absolute Gasteiger partial charge is 0.462 e. The van der Waals surface area contributed by atoms with E-state index in [2.05, 4.69) is 20.4 Å². The molecule has 2 heterocycles. The number of anilines is 1. The SMILES string of the molecule is CCOC(=O)c1ccc(NC(=O)C2CCN(Cc3nc(-c4ccc(Cl)cc4Cl)no3)CC2)cc1. The Labute approximate surface area is 207 Å². The van der Waals surface area contributed by atoms with Crippen LogP contribution in [0.25, 0.3) is 11.4 Å². The van der Waals surface area contributed by atoms with E-state index >= 15 is 0 Å². The number of rotatable bonds is 7. The number of hydrogen-bond donors (Lipinski definition) is 1. The summed E-state index contributed by atoms with van der Waals surface area (Å²) in [6.45, 7) is 4.05. The Balaban J connectivity index is 1.27. The number of piperidine rings is 1. The van der Waals surface area contributed by atoms with E-state index in [4.69, 9.17) is 32.5 Å². The summed E-state index contributed by atoms with van der Waals surface area (Å²) in [6.07, 6.45) is 1.44. The number of benzene rings is 2. The normalized spacial score (nSPS) is 14.7. The first-order valence-corrected chi connectivity index (χ1v) is 11.8. The number of halogens is 2. The van der Waals surface area contributed by atoms with Crippen LogP contribution in [0, 0.1) is 5.92 Å². The van der Waals surface area contributed by atoms with Crippen molar-refractivity contribution >= 4 is 40.8 Å². The molecule has 8 nitrogen and oxygen atoms in total. The molecule has 10 heteroatoms. The van der Waals surface area contributed by atoms with Crippen LogP contribution in [-0.2, 0) is 16.1 Å². The number of carbonyl (C=O) groups excluding carboxylic acids is 2. The van der Waals surface area contributed by atoms with Crippen molar-refractivity contribution in [1.82, 2.24) is 15.0 Å². The highest BCUT2D eigenvalue weighted by atomic mass is 35.5. The second-order valence-corrected chi connectivity index (χ2v) is 8.82. The molecule has 1 N–H and O–H groups in total. The Hall–Kier alpha value is -2.94. The van der Waals surface area contributed by atoms with E-state index in [1.54, 1.807) is 49.4 Å². The van der Waals surface area contributed by atoms with E-state index in [0.717, 1.165) is 25.9 Å². The number of nitrogens with one attached hydrogen (secondary N) is 1. The summed E-state index contributed by atoms with van der Waals surface area (Å²) in [5.74, 6) is 0.413.